The molecule has 0 aliphatic carbocycles. The van der Waals surface area contributed by atoms with E-state index in [1.54, 1.807) is 10.6 Å². The van der Waals surface area contributed by atoms with Gasteiger partial charge in [-0.05, 0) is 37.5 Å². The average molecular weight is 362 g/mol. The minimum absolute atomic E-state index is 0.126. The summed E-state index contributed by atoms with van der Waals surface area (Å²) in [5.74, 6) is 0. The average Bonchev–Trinajstić information content (AvgIpc) is 2.96. The SMILES string of the molecule is Cc1cc(N2CCCC(N)C2)c2c(n1)[nH]c(=O)n2Cc1ccccc1C#N. The van der Waals surface area contributed by atoms with E-state index >= 15 is 0 Å². The predicted molar refractivity (Wildman–Crippen MR) is 105 cm³/mol. The Morgan fingerprint density at radius 1 is 1.41 bits per heavy atom. The molecule has 3 N–H and O–H groups in total. The monoisotopic (exact) mass is 362 g/mol. The third-order valence-corrected chi connectivity index (χ3v) is 5.11. The summed E-state index contributed by atoms with van der Waals surface area (Å²) in [5.41, 5.74) is 10.5. The first kappa shape index (κ1) is 17.3. The number of hydrogen-bond acceptors (Lipinski definition) is 5. The number of aromatic amines is 1. The van der Waals surface area contributed by atoms with Crippen molar-refractivity contribution in [3.05, 3.63) is 57.6 Å². The van der Waals surface area contributed by atoms with Gasteiger partial charge in [-0.25, -0.2) is 9.78 Å². The maximum Gasteiger partial charge on any atom is 0.328 e. The number of anilines is 1. The predicted octanol–water partition coefficient (Wildman–Crippen LogP) is 1.88. The number of nitriles is 1. The Hall–Kier alpha value is -3.11. The van der Waals surface area contributed by atoms with Crippen LogP contribution < -0.4 is 16.3 Å². The minimum atomic E-state index is -0.224. The maximum atomic E-state index is 12.7. The van der Waals surface area contributed by atoms with Gasteiger partial charge in [-0.1, -0.05) is 18.2 Å². The molecule has 1 saturated heterocycles. The number of pyridine rings is 1. The number of imidazole rings is 1. The van der Waals surface area contributed by atoms with Crippen LogP contribution in [0.5, 0.6) is 0 Å². The van der Waals surface area contributed by atoms with Crippen LogP contribution in [0.4, 0.5) is 5.69 Å². The smallest absolute Gasteiger partial charge is 0.328 e. The van der Waals surface area contributed by atoms with E-state index in [9.17, 15) is 10.1 Å². The molecular weight excluding hydrogens is 340 g/mol. The number of nitrogens with one attached hydrogen (secondary N) is 1. The van der Waals surface area contributed by atoms with Crippen LogP contribution in [-0.2, 0) is 6.54 Å². The second-order valence-electron chi connectivity index (χ2n) is 7.11. The van der Waals surface area contributed by atoms with Crippen molar-refractivity contribution < 1.29 is 0 Å². The Morgan fingerprint density at radius 2 is 2.22 bits per heavy atom. The molecule has 0 spiro atoms. The Morgan fingerprint density at radius 3 is 3.00 bits per heavy atom. The van der Waals surface area contributed by atoms with Crippen LogP contribution in [-0.4, -0.2) is 33.7 Å². The molecule has 0 amide bonds. The number of fused-ring (bicyclic) bond motifs is 1. The highest BCUT2D eigenvalue weighted by Crippen LogP contribution is 2.28. The van der Waals surface area contributed by atoms with Crippen LogP contribution in [0.1, 0.15) is 29.7 Å². The number of hydrogen-bond donors (Lipinski definition) is 2. The summed E-state index contributed by atoms with van der Waals surface area (Å²) in [6.45, 7) is 3.90. The topological polar surface area (TPSA) is 104 Å². The summed E-state index contributed by atoms with van der Waals surface area (Å²) in [7, 11) is 0. The molecule has 3 aromatic rings. The van der Waals surface area contributed by atoms with Gasteiger partial charge in [-0.15, -0.1) is 0 Å². The molecule has 138 valence electrons. The van der Waals surface area contributed by atoms with Crippen LogP contribution in [0.2, 0.25) is 0 Å². The van der Waals surface area contributed by atoms with E-state index in [4.69, 9.17) is 5.73 Å². The third-order valence-electron chi connectivity index (χ3n) is 5.11. The van der Waals surface area contributed by atoms with Crippen molar-refractivity contribution >= 4 is 16.9 Å². The largest absolute Gasteiger partial charge is 0.368 e. The van der Waals surface area contributed by atoms with Crippen molar-refractivity contribution in [2.24, 2.45) is 5.73 Å². The van der Waals surface area contributed by atoms with Gasteiger partial charge in [0.05, 0.1) is 23.9 Å². The quantitative estimate of drug-likeness (QED) is 0.740. The van der Waals surface area contributed by atoms with Crippen LogP contribution in [0.15, 0.2) is 35.1 Å². The van der Waals surface area contributed by atoms with Crippen molar-refractivity contribution in [1.29, 1.82) is 5.26 Å². The summed E-state index contributed by atoms with van der Waals surface area (Å²) in [6.07, 6.45) is 2.04. The molecule has 27 heavy (non-hydrogen) atoms. The zero-order valence-corrected chi connectivity index (χ0v) is 15.3. The van der Waals surface area contributed by atoms with Gasteiger partial charge < -0.3 is 10.6 Å². The van der Waals surface area contributed by atoms with Gasteiger partial charge in [0.2, 0.25) is 0 Å². The van der Waals surface area contributed by atoms with E-state index in [2.05, 4.69) is 20.9 Å². The number of piperidine rings is 1. The number of H-pyrrole nitrogens is 1. The fraction of sp³-hybridized carbons (Fsp3) is 0.350. The summed E-state index contributed by atoms with van der Waals surface area (Å²) in [5, 5.41) is 9.37. The van der Waals surface area contributed by atoms with Crippen molar-refractivity contribution in [1.82, 2.24) is 14.5 Å². The first-order chi connectivity index (χ1) is 13.1. The van der Waals surface area contributed by atoms with Crippen molar-refractivity contribution in [2.75, 3.05) is 18.0 Å². The molecule has 7 heteroatoms. The molecule has 3 heterocycles. The molecule has 0 radical (unpaired) electrons. The molecular formula is C20H22N6O. The van der Waals surface area contributed by atoms with Crippen molar-refractivity contribution in [3.8, 4) is 6.07 Å². The van der Waals surface area contributed by atoms with Gasteiger partial charge in [-0.3, -0.25) is 9.55 Å². The highest BCUT2D eigenvalue weighted by molar-refractivity contribution is 5.87. The number of nitrogens with zero attached hydrogens (tertiary/aromatic N) is 4. The molecule has 1 aliphatic rings. The second kappa shape index (κ2) is 6.89. The van der Waals surface area contributed by atoms with E-state index < -0.39 is 0 Å². The lowest BCUT2D eigenvalue weighted by molar-refractivity contribution is 0.506. The van der Waals surface area contributed by atoms with E-state index in [-0.39, 0.29) is 11.7 Å². The Bertz CT molecular complexity index is 1090. The Kier molecular flexibility index (Phi) is 4.42. The zero-order chi connectivity index (χ0) is 19.0. The number of nitrogens with two attached hydrogens (primary N) is 1. The van der Waals surface area contributed by atoms with Gasteiger partial charge in [0, 0.05) is 24.8 Å². The number of aryl methyl sites for hydroxylation is 1. The van der Waals surface area contributed by atoms with Crippen LogP contribution in [0.3, 0.4) is 0 Å². The standard InChI is InChI=1S/C20H22N6O/c1-13-9-17(25-8-4-7-16(22)12-25)18-19(23-13)24-20(27)26(18)11-15-6-3-2-5-14(15)10-21/h2-3,5-6,9,16H,4,7-8,11-12,22H2,1H3,(H,23,24,27). The summed E-state index contributed by atoms with van der Waals surface area (Å²) < 4.78 is 1.67. The molecule has 0 bridgehead atoms. The molecule has 7 nitrogen and oxygen atoms in total. The van der Waals surface area contributed by atoms with Gasteiger partial charge in [0.25, 0.3) is 0 Å². The normalized spacial score (nSPS) is 17.2. The van der Waals surface area contributed by atoms with Crippen molar-refractivity contribution in [2.45, 2.75) is 32.4 Å². The molecule has 1 atom stereocenters. The molecule has 4 rings (SSSR count). The summed E-state index contributed by atoms with van der Waals surface area (Å²) in [4.78, 5) is 22.3. The van der Waals surface area contributed by atoms with Gasteiger partial charge >= 0.3 is 5.69 Å². The fourth-order valence-corrected chi connectivity index (χ4v) is 3.83. The van der Waals surface area contributed by atoms with Gasteiger partial charge in [-0.2, -0.15) is 5.26 Å². The van der Waals surface area contributed by atoms with Crippen molar-refractivity contribution in [3.63, 3.8) is 0 Å². The van der Waals surface area contributed by atoms with Crippen LogP contribution in [0, 0.1) is 18.3 Å². The van der Waals surface area contributed by atoms with Gasteiger partial charge in [0.15, 0.2) is 5.65 Å². The number of aromatic nitrogens is 3. The zero-order valence-electron chi connectivity index (χ0n) is 15.3. The minimum Gasteiger partial charge on any atom is -0.368 e. The molecule has 0 saturated carbocycles. The molecule has 1 aliphatic heterocycles. The molecule has 2 aromatic heterocycles. The lowest BCUT2D eigenvalue weighted by Crippen LogP contribution is -2.43. The first-order valence-corrected chi connectivity index (χ1v) is 9.15. The Balaban J connectivity index is 1.87. The lowest BCUT2D eigenvalue weighted by atomic mass is 10.1. The fourth-order valence-electron chi connectivity index (χ4n) is 3.83. The van der Waals surface area contributed by atoms with Crippen LogP contribution in [0.25, 0.3) is 11.2 Å². The van der Waals surface area contributed by atoms with E-state index in [0.29, 0.717) is 17.8 Å². The second-order valence-corrected chi connectivity index (χ2v) is 7.11. The highest BCUT2D eigenvalue weighted by atomic mass is 16.1. The molecule has 1 fully saturated rings. The lowest BCUT2D eigenvalue weighted by Gasteiger charge is -2.33. The van der Waals surface area contributed by atoms with E-state index in [1.807, 2.05) is 31.2 Å². The van der Waals surface area contributed by atoms with E-state index in [0.717, 1.165) is 48.4 Å². The van der Waals surface area contributed by atoms with E-state index in [1.165, 1.54) is 0 Å². The molecule has 1 unspecified atom stereocenters. The highest BCUT2D eigenvalue weighted by Gasteiger charge is 2.22. The summed E-state index contributed by atoms with van der Waals surface area (Å²) in [6, 6.07) is 11.7. The third kappa shape index (κ3) is 3.20. The first-order valence-electron chi connectivity index (χ1n) is 9.15. The number of rotatable bonds is 3. The maximum absolute atomic E-state index is 12.7. The molecule has 1 aromatic carbocycles. The number of benzene rings is 1. The Labute approximate surface area is 157 Å². The van der Waals surface area contributed by atoms with Crippen LogP contribution >= 0.6 is 0 Å². The summed E-state index contributed by atoms with van der Waals surface area (Å²) >= 11 is 0. The van der Waals surface area contributed by atoms with Gasteiger partial charge in [0.1, 0.15) is 5.52 Å².